The van der Waals surface area contributed by atoms with Crippen molar-refractivity contribution in [3.05, 3.63) is 24.0 Å². The predicted octanol–water partition coefficient (Wildman–Crippen LogP) is 1.73. The van der Waals surface area contributed by atoms with Crippen molar-refractivity contribution in [2.45, 2.75) is 30.2 Å². The molecule has 20 heavy (non-hydrogen) atoms. The topological polar surface area (TPSA) is 72.2 Å². The van der Waals surface area contributed by atoms with Crippen LogP contribution in [0.1, 0.15) is 19.3 Å². The van der Waals surface area contributed by atoms with Gasteiger partial charge in [-0.2, -0.15) is 0 Å². The molecule has 3 N–H and O–H groups in total. The standard InChI is InChI=1S/C14H17FN2O2S/c15-9-3-4-10(16)11(6-9)20(18,19)17-14-12-7-1-2-8(5-7)13(12)14/h3-4,6-8,12-14,17H,1-2,5,16H2. The van der Waals surface area contributed by atoms with Gasteiger partial charge in [0.2, 0.25) is 10.0 Å². The van der Waals surface area contributed by atoms with Crippen LogP contribution in [0.4, 0.5) is 10.1 Å². The van der Waals surface area contributed by atoms with Crippen LogP contribution in [0.2, 0.25) is 0 Å². The average molecular weight is 296 g/mol. The molecule has 2 bridgehead atoms. The summed E-state index contributed by atoms with van der Waals surface area (Å²) in [7, 11) is -3.73. The minimum Gasteiger partial charge on any atom is -0.398 e. The summed E-state index contributed by atoms with van der Waals surface area (Å²) in [5.74, 6) is 1.78. The summed E-state index contributed by atoms with van der Waals surface area (Å²) >= 11 is 0. The van der Waals surface area contributed by atoms with Crippen LogP contribution in [0.5, 0.6) is 0 Å². The summed E-state index contributed by atoms with van der Waals surface area (Å²) in [5, 5.41) is 0. The van der Waals surface area contributed by atoms with Crippen LogP contribution in [0.3, 0.4) is 0 Å². The zero-order chi connectivity index (χ0) is 14.1. The van der Waals surface area contributed by atoms with Gasteiger partial charge in [0.05, 0.1) is 5.69 Å². The molecule has 0 saturated heterocycles. The van der Waals surface area contributed by atoms with E-state index in [1.807, 2.05) is 0 Å². The number of benzene rings is 1. The number of rotatable bonds is 3. The van der Waals surface area contributed by atoms with Gasteiger partial charge in [0.1, 0.15) is 10.7 Å². The van der Waals surface area contributed by atoms with Crippen LogP contribution < -0.4 is 10.5 Å². The van der Waals surface area contributed by atoms with Crippen molar-refractivity contribution < 1.29 is 12.8 Å². The van der Waals surface area contributed by atoms with E-state index >= 15 is 0 Å². The molecule has 1 aromatic rings. The SMILES string of the molecule is Nc1ccc(F)cc1S(=O)(=O)NC1C2C3CCC(C3)C12. The first-order chi connectivity index (χ1) is 9.47. The van der Waals surface area contributed by atoms with Gasteiger partial charge in [0, 0.05) is 6.04 Å². The lowest BCUT2D eigenvalue weighted by Crippen LogP contribution is -2.30. The third kappa shape index (κ3) is 1.71. The normalized spacial score (nSPS) is 38.0. The summed E-state index contributed by atoms with van der Waals surface area (Å²) in [6.07, 6.45) is 3.72. The van der Waals surface area contributed by atoms with Crippen molar-refractivity contribution in [3.8, 4) is 0 Å². The molecular weight excluding hydrogens is 279 g/mol. The van der Waals surface area contributed by atoms with Gasteiger partial charge in [-0.05, 0) is 61.1 Å². The number of sulfonamides is 1. The van der Waals surface area contributed by atoms with E-state index in [9.17, 15) is 12.8 Å². The number of anilines is 1. The fraction of sp³-hybridized carbons (Fsp3) is 0.571. The van der Waals surface area contributed by atoms with Gasteiger partial charge in [-0.25, -0.2) is 17.5 Å². The molecule has 0 radical (unpaired) electrons. The Balaban J connectivity index is 1.58. The van der Waals surface area contributed by atoms with Gasteiger partial charge in [-0.15, -0.1) is 0 Å². The molecule has 6 heteroatoms. The minimum atomic E-state index is -3.73. The summed E-state index contributed by atoms with van der Waals surface area (Å²) in [4.78, 5) is -0.144. The van der Waals surface area contributed by atoms with Gasteiger partial charge in [-0.3, -0.25) is 0 Å². The van der Waals surface area contributed by atoms with Crippen molar-refractivity contribution in [2.24, 2.45) is 23.7 Å². The first-order valence-corrected chi connectivity index (χ1v) is 8.53. The summed E-state index contributed by atoms with van der Waals surface area (Å²) in [5.41, 5.74) is 5.76. The maximum atomic E-state index is 13.2. The molecule has 4 unspecified atom stereocenters. The van der Waals surface area contributed by atoms with Gasteiger partial charge < -0.3 is 5.73 Å². The van der Waals surface area contributed by atoms with Gasteiger partial charge in [-0.1, -0.05) is 0 Å². The highest BCUT2D eigenvalue weighted by atomic mass is 32.2. The van der Waals surface area contributed by atoms with E-state index in [1.165, 1.54) is 31.4 Å². The van der Waals surface area contributed by atoms with Crippen molar-refractivity contribution in [1.29, 1.82) is 0 Å². The molecule has 4 nitrogen and oxygen atoms in total. The Kier molecular flexibility index (Phi) is 2.49. The molecule has 0 aromatic heterocycles. The molecule has 3 saturated carbocycles. The summed E-state index contributed by atoms with van der Waals surface area (Å²) < 4.78 is 40.7. The zero-order valence-electron chi connectivity index (χ0n) is 10.9. The third-order valence-corrected chi connectivity index (χ3v) is 6.81. The molecule has 3 fully saturated rings. The number of nitrogens with two attached hydrogens (primary N) is 1. The summed E-state index contributed by atoms with van der Waals surface area (Å²) in [6, 6.07) is 3.49. The van der Waals surface area contributed by atoms with E-state index in [0.717, 1.165) is 6.07 Å². The summed E-state index contributed by atoms with van der Waals surface area (Å²) in [6.45, 7) is 0. The second-order valence-corrected chi connectivity index (χ2v) is 8.00. The monoisotopic (exact) mass is 296 g/mol. The van der Waals surface area contributed by atoms with Crippen LogP contribution >= 0.6 is 0 Å². The first kappa shape index (κ1) is 12.6. The Morgan fingerprint density at radius 3 is 2.50 bits per heavy atom. The predicted molar refractivity (Wildman–Crippen MR) is 72.7 cm³/mol. The Morgan fingerprint density at radius 1 is 1.20 bits per heavy atom. The molecule has 3 aliphatic carbocycles. The maximum absolute atomic E-state index is 13.2. The lowest BCUT2D eigenvalue weighted by atomic mass is 10.0. The largest absolute Gasteiger partial charge is 0.398 e. The van der Waals surface area contributed by atoms with Crippen molar-refractivity contribution in [2.75, 3.05) is 5.73 Å². The molecule has 1 aromatic carbocycles. The fourth-order valence-electron chi connectivity index (χ4n) is 4.47. The smallest absolute Gasteiger partial charge is 0.242 e. The van der Waals surface area contributed by atoms with Gasteiger partial charge >= 0.3 is 0 Å². The van der Waals surface area contributed by atoms with Gasteiger partial charge in [0.25, 0.3) is 0 Å². The average Bonchev–Trinajstić information content (AvgIpc) is 2.81. The second-order valence-electron chi connectivity index (χ2n) is 6.32. The van der Waals surface area contributed by atoms with Crippen molar-refractivity contribution in [1.82, 2.24) is 4.72 Å². The quantitative estimate of drug-likeness (QED) is 0.834. The van der Waals surface area contributed by atoms with E-state index in [1.54, 1.807) is 0 Å². The number of nitrogens with one attached hydrogen (secondary N) is 1. The van der Waals surface area contributed by atoms with E-state index < -0.39 is 15.8 Å². The van der Waals surface area contributed by atoms with E-state index in [2.05, 4.69) is 4.72 Å². The third-order valence-electron chi connectivity index (χ3n) is 5.29. The minimum absolute atomic E-state index is 0.0360. The zero-order valence-corrected chi connectivity index (χ0v) is 11.7. The molecule has 3 aliphatic rings. The van der Waals surface area contributed by atoms with Crippen molar-refractivity contribution in [3.63, 3.8) is 0 Å². The number of halogens is 1. The number of fused-ring (bicyclic) bond motifs is 5. The molecule has 0 aliphatic heterocycles. The molecule has 0 spiro atoms. The van der Waals surface area contributed by atoms with Crippen molar-refractivity contribution >= 4 is 15.7 Å². The van der Waals surface area contributed by atoms with Crippen LogP contribution in [0.15, 0.2) is 23.1 Å². The molecule has 4 rings (SSSR count). The van der Waals surface area contributed by atoms with Crippen LogP contribution in [0, 0.1) is 29.5 Å². The lowest BCUT2D eigenvalue weighted by molar-refractivity contribution is 0.456. The number of hydrogen-bond donors (Lipinski definition) is 2. The highest BCUT2D eigenvalue weighted by Crippen LogP contribution is 2.65. The van der Waals surface area contributed by atoms with Crippen LogP contribution in [-0.2, 0) is 10.0 Å². The Labute approximate surface area is 117 Å². The Bertz CT molecular complexity index is 660. The number of nitrogen functional groups attached to an aromatic ring is 1. The molecule has 0 heterocycles. The fourth-order valence-corrected chi connectivity index (χ4v) is 5.91. The van der Waals surface area contributed by atoms with Crippen LogP contribution in [-0.4, -0.2) is 14.5 Å². The Hall–Kier alpha value is -1.14. The Morgan fingerprint density at radius 2 is 1.85 bits per heavy atom. The highest BCUT2D eigenvalue weighted by Gasteiger charge is 2.65. The first-order valence-electron chi connectivity index (χ1n) is 7.05. The number of hydrogen-bond acceptors (Lipinski definition) is 3. The lowest BCUT2D eigenvalue weighted by Gasteiger charge is -2.12. The molecule has 0 amide bonds. The van der Waals surface area contributed by atoms with Gasteiger partial charge in [0.15, 0.2) is 0 Å². The van der Waals surface area contributed by atoms with E-state index in [4.69, 9.17) is 5.73 Å². The maximum Gasteiger partial charge on any atom is 0.242 e. The molecule has 4 atom stereocenters. The molecule has 108 valence electrons. The molecular formula is C14H17FN2O2S. The highest BCUT2D eigenvalue weighted by molar-refractivity contribution is 7.89. The second kappa shape index (κ2) is 3.95. The van der Waals surface area contributed by atoms with Crippen LogP contribution in [0.25, 0.3) is 0 Å². The van der Waals surface area contributed by atoms with E-state index in [-0.39, 0.29) is 16.6 Å². The van der Waals surface area contributed by atoms with E-state index in [0.29, 0.717) is 23.7 Å².